The van der Waals surface area contributed by atoms with Gasteiger partial charge in [0.1, 0.15) is 6.61 Å². The number of alkyl carbamates (subject to hydrolysis) is 1. The summed E-state index contributed by atoms with van der Waals surface area (Å²) in [5.41, 5.74) is 2.18. The summed E-state index contributed by atoms with van der Waals surface area (Å²) in [4.78, 5) is 24.7. The minimum atomic E-state index is -0.462. The Morgan fingerprint density at radius 3 is 2.86 bits per heavy atom. The Hall–Kier alpha value is -3.00. The molecule has 0 aliphatic rings. The van der Waals surface area contributed by atoms with Crippen LogP contribution in [0.15, 0.2) is 42.6 Å². The van der Waals surface area contributed by atoms with Crippen LogP contribution in [0.5, 0.6) is 0 Å². The first kappa shape index (κ1) is 15.4. The third-order valence-corrected chi connectivity index (χ3v) is 2.80. The van der Waals surface area contributed by atoms with E-state index in [0.29, 0.717) is 18.7 Å². The maximum absolute atomic E-state index is 11.5. The summed E-state index contributed by atoms with van der Waals surface area (Å²) in [5.74, 6) is 5.81. The van der Waals surface area contributed by atoms with Crippen LogP contribution >= 0.6 is 0 Å². The third kappa shape index (κ3) is 5.17. The molecule has 0 fully saturated rings. The molecule has 1 aromatic carbocycles. The third-order valence-electron chi connectivity index (χ3n) is 2.80. The number of aromatic nitrogens is 1. The molecule has 0 radical (unpaired) electrons. The first-order valence-electron chi connectivity index (χ1n) is 6.85. The number of hydrogen-bond acceptors (Lipinski definition) is 3. The van der Waals surface area contributed by atoms with E-state index in [4.69, 9.17) is 4.74 Å². The van der Waals surface area contributed by atoms with E-state index in [9.17, 15) is 9.59 Å². The van der Waals surface area contributed by atoms with Gasteiger partial charge >= 0.3 is 6.09 Å². The van der Waals surface area contributed by atoms with E-state index in [0.717, 1.165) is 17.4 Å². The zero-order chi connectivity index (χ0) is 15.6. The summed E-state index contributed by atoms with van der Waals surface area (Å²) >= 11 is 0. The highest BCUT2D eigenvalue weighted by Gasteiger charge is 2.00. The molecule has 5 nitrogen and oxygen atoms in total. The molecule has 2 aromatic rings. The number of hydrogen-bond donors (Lipinski definition) is 2. The number of nitrogens with one attached hydrogen (secondary N) is 2. The van der Waals surface area contributed by atoms with Crippen LogP contribution in [0.1, 0.15) is 28.0 Å². The fraction of sp³-hybridized carbons (Fsp3) is 0.176. The molecule has 0 unspecified atom stereocenters. The normalized spacial score (nSPS) is 9.45. The molecule has 112 valence electrons. The quantitative estimate of drug-likeness (QED) is 0.506. The van der Waals surface area contributed by atoms with Gasteiger partial charge in [-0.05, 0) is 11.6 Å². The molecule has 2 rings (SSSR count). The first-order chi connectivity index (χ1) is 10.8. The van der Waals surface area contributed by atoms with Crippen molar-refractivity contribution in [1.29, 1.82) is 0 Å². The maximum atomic E-state index is 11.5. The van der Waals surface area contributed by atoms with Crippen LogP contribution in [-0.4, -0.2) is 23.9 Å². The van der Waals surface area contributed by atoms with Crippen LogP contribution in [0.3, 0.4) is 0 Å². The molecular formula is C17H16N2O3. The highest BCUT2D eigenvalue weighted by atomic mass is 16.5. The lowest BCUT2D eigenvalue weighted by atomic mass is 10.2. The number of rotatable bonds is 5. The van der Waals surface area contributed by atoms with Gasteiger partial charge in [-0.2, -0.15) is 0 Å². The Morgan fingerprint density at radius 1 is 1.32 bits per heavy atom. The van der Waals surface area contributed by atoms with Crippen molar-refractivity contribution < 1.29 is 14.3 Å². The molecule has 0 saturated carbocycles. The lowest BCUT2D eigenvalue weighted by Crippen LogP contribution is -2.24. The Bertz CT molecular complexity index is 681. The monoisotopic (exact) mass is 296 g/mol. The van der Waals surface area contributed by atoms with E-state index >= 15 is 0 Å². The zero-order valence-corrected chi connectivity index (χ0v) is 12.0. The van der Waals surface area contributed by atoms with Gasteiger partial charge in [0.05, 0.1) is 5.69 Å². The standard InChI is InChI=1S/C17H16N2O3/c20-12-16-10-15(11-19-16)8-4-5-9-18-17(21)22-13-14-6-2-1-3-7-14/h1-3,6-7,10-12,19H,5,9,13H2,(H,18,21). The van der Waals surface area contributed by atoms with Crippen molar-refractivity contribution >= 4 is 12.4 Å². The van der Waals surface area contributed by atoms with E-state index in [-0.39, 0.29) is 6.61 Å². The van der Waals surface area contributed by atoms with Gasteiger partial charge in [0, 0.05) is 24.7 Å². The second kappa shape index (κ2) is 8.32. The highest BCUT2D eigenvalue weighted by molar-refractivity contribution is 5.72. The van der Waals surface area contributed by atoms with Crippen molar-refractivity contribution in [3.05, 3.63) is 59.4 Å². The fourth-order valence-electron chi connectivity index (χ4n) is 1.72. The number of aromatic amines is 1. The van der Waals surface area contributed by atoms with Gasteiger partial charge in [0.2, 0.25) is 0 Å². The van der Waals surface area contributed by atoms with Crippen LogP contribution in [0.4, 0.5) is 4.79 Å². The van der Waals surface area contributed by atoms with Gasteiger partial charge in [0.25, 0.3) is 0 Å². The zero-order valence-electron chi connectivity index (χ0n) is 12.0. The molecule has 22 heavy (non-hydrogen) atoms. The van der Waals surface area contributed by atoms with Crippen LogP contribution < -0.4 is 5.32 Å². The number of carbonyl (C=O) groups excluding carboxylic acids is 2. The van der Waals surface area contributed by atoms with Crippen LogP contribution in [0.2, 0.25) is 0 Å². The predicted octanol–water partition coefficient (Wildman–Crippen LogP) is 2.50. The molecule has 0 saturated heterocycles. The largest absolute Gasteiger partial charge is 0.445 e. The first-order valence-corrected chi connectivity index (χ1v) is 6.85. The molecule has 5 heteroatoms. The van der Waals surface area contributed by atoms with Crippen molar-refractivity contribution in [3.63, 3.8) is 0 Å². The molecule has 1 amide bonds. The minimum Gasteiger partial charge on any atom is -0.445 e. The van der Waals surface area contributed by atoms with Crippen molar-refractivity contribution in [3.8, 4) is 11.8 Å². The molecule has 2 N–H and O–H groups in total. The fourth-order valence-corrected chi connectivity index (χ4v) is 1.72. The van der Waals surface area contributed by atoms with Gasteiger partial charge in [-0.15, -0.1) is 0 Å². The summed E-state index contributed by atoms with van der Waals surface area (Å²) in [6, 6.07) is 11.1. The molecule has 0 aliphatic carbocycles. The van der Waals surface area contributed by atoms with Crippen molar-refractivity contribution in [2.24, 2.45) is 0 Å². The Morgan fingerprint density at radius 2 is 2.14 bits per heavy atom. The van der Waals surface area contributed by atoms with Crippen molar-refractivity contribution in [2.45, 2.75) is 13.0 Å². The average Bonchev–Trinajstić information content (AvgIpc) is 3.01. The second-order valence-electron chi connectivity index (χ2n) is 4.50. The smallest absolute Gasteiger partial charge is 0.407 e. The molecule has 0 bridgehead atoms. The van der Waals surface area contributed by atoms with Crippen LogP contribution in [0.25, 0.3) is 0 Å². The summed E-state index contributed by atoms with van der Waals surface area (Å²) in [5, 5.41) is 2.63. The number of aldehydes is 1. The van der Waals surface area contributed by atoms with Crippen LogP contribution in [-0.2, 0) is 11.3 Å². The summed E-state index contributed by atoms with van der Waals surface area (Å²) < 4.78 is 5.07. The number of benzene rings is 1. The van der Waals surface area contributed by atoms with Gasteiger partial charge in [0.15, 0.2) is 6.29 Å². The SMILES string of the molecule is O=Cc1cc(C#CCCNC(=O)OCc2ccccc2)c[nH]1. The van der Waals surface area contributed by atoms with Gasteiger partial charge < -0.3 is 15.0 Å². The Labute approximate surface area is 128 Å². The lowest BCUT2D eigenvalue weighted by Gasteiger charge is -2.05. The van der Waals surface area contributed by atoms with Gasteiger partial charge in [-0.3, -0.25) is 4.79 Å². The molecule has 1 heterocycles. The molecule has 0 atom stereocenters. The van der Waals surface area contributed by atoms with Gasteiger partial charge in [-0.1, -0.05) is 42.2 Å². The lowest BCUT2D eigenvalue weighted by molar-refractivity contribution is 0.111. The topological polar surface area (TPSA) is 71.2 Å². The maximum Gasteiger partial charge on any atom is 0.407 e. The molecular weight excluding hydrogens is 280 g/mol. The van der Waals surface area contributed by atoms with E-state index in [1.54, 1.807) is 12.3 Å². The Kier molecular flexibility index (Phi) is 5.82. The highest BCUT2D eigenvalue weighted by Crippen LogP contribution is 2.00. The predicted molar refractivity (Wildman–Crippen MR) is 82.3 cm³/mol. The summed E-state index contributed by atoms with van der Waals surface area (Å²) in [6.45, 7) is 0.655. The number of ether oxygens (including phenoxy) is 1. The number of H-pyrrole nitrogens is 1. The Balaban J connectivity index is 1.64. The summed E-state index contributed by atoms with van der Waals surface area (Å²) in [7, 11) is 0. The van der Waals surface area contributed by atoms with Crippen molar-refractivity contribution in [1.82, 2.24) is 10.3 Å². The van der Waals surface area contributed by atoms with Gasteiger partial charge in [-0.25, -0.2) is 4.79 Å². The molecule has 0 aliphatic heterocycles. The van der Waals surface area contributed by atoms with E-state index in [2.05, 4.69) is 22.1 Å². The number of amides is 1. The average molecular weight is 296 g/mol. The summed E-state index contributed by atoms with van der Waals surface area (Å²) in [6.07, 6.45) is 2.44. The second-order valence-corrected chi connectivity index (χ2v) is 4.50. The molecule has 0 spiro atoms. The van der Waals surface area contributed by atoms with Crippen LogP contribution in [0, 0.1) is 11.8 Å². The van der Waals surface area contributed by atoms with E-state index in [1.807, 2.05) is 30.3 Å². The van der Waals surface area contributed by atoms with E-state index in [1.165, 1.54) is 0 Å². The minimum absolute atomic E-state index is 0.246. The molecule has 1 aromatic heterocycles. The number of carbonyl (C=O) groups is 2. The van der Waals surface area contributed by atoms with Crippen molar-refractivity contribution in [2.75, 3.05) is 6.54 Å². The van der Waals surface area contributed by atoms with E-state index < -0.39 is 6.09 Å².